The summed E-state index contributed by atoms with van der Waals surface area (Å²) in [7, 11) is 3.01. The topological polar surface area (TPSA) is 88.8 Å². The van der Waals surface area contributed by atoms with E-state index in [1.165, 1.54) is 13.2 Å². The van der Waals surface area contributed by atoms with Gasteiger partial charge in [0.25, 0.3) is 0 Å². The van der Waals surface area contributed by atoms with Gasteiger partial charge in [-0.1, -0.05) is 12.0 Å². The van der Waals surface area contributed by atoms with Crippen LogP contribution in [-0.4, -0.2) is 31.6 Å². The minimum atomic E-state index is -0.478. The van der Waals surface area contributed by atoms with E-state index in [1.54, 1.807) is 19.2 Å². The van der Waals surface area contributed by atoms with Crippen LogP contribution in [0.5, 0.6) is 5.75 Å². The normalized spacial score (nSPS) is 10.6. The standard InChI is InChI=1S/C13H16N4O3/c1-4-7-15-13(14-2)16-9-10-5-6-12(20-3)11(8-10)17(18)19/h1,5-6,8H,7,9H2,2-3H3,(H2,14,15,16). The number of ether oxygens (including phenoxy) is 1. The Hall–Kier alpha value is -2.75. The molecule has 0 bridgehead atoms. The van der Waals surface area contributed by atoms with Crippen molar-refractivity contribution >= 4 is 11.6 Å². The zero-order valence-electron chi connectivity index (χ0n) is 11.3. The number of nitrogens with one attached hydrogen (secondary N) is 2. The van der Waals surface area contributed by atoms with E-state index >= 15 is 0 Å². The fourth-order valence-corrected chi connectivity index (χ4v) is 1.53. The number of aliphatic imine (C=N–C) groups is 1. The quantitative estimate of drug-likeness (QED) is 0.274. The molecule has 7 nitrogen and oxygen atoms in total. The molecular formula is C13H16N4O3. The summed E-state index contributed by atoms with van der Waals surface area (Å²) in [6, 6.07) is 4.76. The van der Waals surface area contributed by atoms with Crippen LogP contribution < -0.4 is 15.4 Å². The minimum Gasteiger partial charge on any atom is -0.490 e. The number of nitro benzene ring substituents is 1. The number of methoxy groups -OCH3 is 1. The molecule has 1 rings (SSSR count). The second-order valence-corrected chi connectivity index (χ2v) is 3.75. The zero-order valence-corrected chi connectivity index (χ0v) is 11.3. The van der Waals surface area contributed by atoms with Gasteiger partial charge in [-0.15, -0.1) is 6.42 Å². The predicted molar refractivity (Wildman–Crippen MR) is 76.7 cm³/mol. The lowest BCUT2D eigenvalue weighted by atomic mass is 10.2. The second kappa shape index (κ2) is 7.63. The summed E-state index contributed by atoms with van der Waals surface area (Å²) in [4.78, 5) is 14.4. The van der Waals surface area contributed by atoms with Crippen LogP contribution in [0.3, 0.4) is 0 Å². The van der Waals surface area contributed by atoms with Crippen molar-refractivity contribution in [3.05, 3.63) is 33.9 Å². The summed E-state index contributed by atoms with van der Waals surface area (Å²) in [6.07, 6.45) is 5.14. The van der Waals surface area contributed by atoms with Gasteiger partial charge >= 0.3 is 5.69 Å². The molecule has 0 saturated heterocycles. The van der Waals surface area contributed by atoms with Crippen molar-refractivity contribution in [1.29, 1.82) is 0 Å². The first kappa shape index (κ1) is 15.3. The maximum atomic E-state index is 10.9. The minimum absolute atomic E-state index is 0.0710. The van der Waals surface area contributed by atoms with Crippen LogP contribution in [0.1, 0.15) is 5.56 Å². The highest BCUT2D eigenvalue weighted by Gasteiger charge is 2.15. The van der Waals surface area contributed by atoms with Crippen LogP contribution >= 0.6 is 0 Å². The van der Waals surface area contributed by atoms with Crippen molar-refractivity contribution in [2.45, 2.75) is 6.54 Å². The van der Waals surface area contributed by atoms with Crippen LogP contribution in [0, 0.1) is 22.5 Å². The molecule has 0 unspecified atom stereocenters. The summed E-state index contributed by atoms with van der Waals surface area (Å²) >= 11 is 0. The van der Waals surface area contributed by atoms with E-state index in [1.807, 2.05) is 0 Å². The number of nitrogens with zero attached hydrogens (tertiary/aromatic N) is 2. The smallest absolute Gasteiger partial charge is 0.311 e. The van der Waals surface area contributed by atoms with Crippen molar-refractivity contribution in [3.8, 4) is 18.1 Å². The van der Waals surface area contributed by atoms with Gasteiger partial charge in [-0.3, -0.25) is 15.1 Å². The lowest BCUT2D eigenvalue weighted by Gasteiger charge is -2.10. The van der Waals surface area contributed by atoms with E-state index in [-0.39, 0.29) is 11.4 Å². The molecular weight excluding hydrogens is 260 g/mol. The molecule has 7 heteroatoms. The third-order valence-corrected chi connectivity index (χ3v) is 2.48. The third kappa shape index (κ3) is 4.17. The number of hydrogen-bond acceptors (Lipinski definition) is 4. The van der Waals surface area contributed by atoms with E-state index in [2.05, 4.69) is 21.5 Å². The van der Waals surface area contributed by atoms with Crippen LogP contribution in [0.4, 0.5) is 5.69 Å². The summed E-state index contributed by atoms with van der Waals surface area (Å²) in [5.74, 6) is 3.19. The van der Waals surface area contributed by atoms with Gasteiger partial charge in [-0.25, -0.2) is 0 Å². The molecule has 0 saturated carbocycles. The average Bonchev–Trinajstić information content (AvgIpc) is 2.47. The number of nitro groups is 1. The Morgan fingerprint density at radius 1 is 1.55 bits per heavy atom. The summed E-state index contributed by atoms with van der Waals surface area (Å²) in [6.45, 7) is 0.734. The zero-order chi connectivity index (χ0) is 15.0. The highest BCUT2D eigenvalue weighted by atomic mass is 16.6. The Balaban J connectivity index is 2.76. The van der Waals surface area contributed by atoms with E-state index in [0.717, 1.165) is 5.56 Å². The van der Waals surface area contributed by atoms with Gasteiger partial charge in [0.2, 0.25) is 0 Å². The van der Waals surface area contributed by atoms with Crippen molar-refractivity contribution in [3.63, 3.8) is 0 Å². The van der Waals surface area contributed by atoms with Gasteiger partial charge in [-0.2, -0.15) is 0 Å². The number of rotatable bonds is 5. The SMILES string of the molecule is C#CCNC(=NC)NCc1ccc(OC)c([N+](=O)[O-])c1. The van der Waals surface area contributed by atoms with Gasteiger partial charge in [0.15, 0.2) is 11.7 Å². The molecule has 0 spiro atoms. The summed E-state index contributed by atoms with van der Waals surface area (Å²) in [5, 5.41) is 16.8. The second-order valence-electron chi connectivity index (χ2n) is 3.75. The van der Waals surface area contributed by atoms with Crippen LogP contribution in [-0.2, 0) is 6.54 Å². The van der Waals surface area contributed by atoms with E-state index in [9.17, 15) is 10.1 Å². The molecule has 20 heavy (non-hydrogen) atoms. The van der Waals surface area contributed by atoms with Gasteiger partial charge in [0.05, 0.1) is 18.6 Å². The first-order valence-corrected chi connectivity index (χ1v) is 5.81. The van der Waals surface area contributed by atoms with E-state index in [0.29, 0.717) is 19.0 Å². The number of terminal acetylenes is 1. The van der Waals surface area contributed by atoms with E-state index in [4.69, 9.17) is 11.2 Å². The maximum absolute atomic E-state index is 10.9. The van der Waals surface area contributed by atoms with Gasteiger partial charge in [0, 0.05) is 19.7 Å². The van der Waals surface area contributed by atoms with Gasteiger partial charge in [0.1, 0.15) is 0 Å². The average molecular weight is 276 g/mol. The predicted octanol–water partition coefficient (Wildman–Crippen LogP) is 0.902. The summed E-state index contributed by atoms with van der Waals surface area (Å²) < 4.78 is 4.94. The molecule has 1 aromatic carbocycles. The largest absolute Gasteiger partial charge is 0.490 e. The Morgan fingerprint density at radius 2 is 2.30 bits per heavy atom. The van der Waals surface area contributed by atoms with Crippen molar-refractivity contribution < 1.29 is 9.66 Å². The Labute approximate surface area is 117 Å². The number of guanidine groups is 1. The number of benzene rings is 1. The number of hydrogen-bond donors (Lipinski definition) is 2. The fourth-order valence-electron chi connectivity index (χ4n) is 1.53. The highest BCUT2D eigenvalue weighted by molar-refractivity contribution is 5.79. The molecule has 2 N–H and O–H groups in total. The molecule has 1 aromatic rings. The molecule has 0 aromatic heterocycles. The van der Waals surface area contributed by atoms with Gasteiger partial charge in [-0.05, 0) is 11.6 Å². The molecule has 106 valence electrons. The van der Waals surface area contributed by atoms with Crippen molar-refractivity contribution in [2.75, 3.05) is 20.7 Å². The molecule has 0 heterocycles. The first-order valence-electron chi connectivity index (χ1n) is 5.81. The van der Waals surface area contributed by atoms with Crippen molar-refractivity contribution in [2.24, 2.45) is 4.99 Å². The van der Waals surface area contributed by atoms with Crippen LogP contribution in [0.25, 0.3) is 0 Å². The Kier molecular flexibility index (Phi) is 5.84. The third-order valence-electron chi connectivity index (χ3n) is 2.48. The lowest BCUT2D eigenvalue weighted by Crippen LogP contribution is -2.36. The molecule has 0 radical (unpaired) electrons. The highest BCUT2D eigenvalue weighted by Crippen LogP contribution is 2.27. The molecule has 0 aliphatic rings. The summed E-state index contributed by atoms with van der Waals surface area (Å²) in [5.41, 5.74) is 0.666. The molecule has 0 atom stereocenters. The Morgan fingerprint density at radius 3 is 2.85 bits per heavy atom. The molecule has 0 aliphatic carbocycles. The van der Waals surface area contributed by atoms with Crippen LogP contribution in [0.15, 0.2) is 23.2 Å². The van der Waals surface area contributed by atoms with Crippen molar-refractivity contribution in [1.82, 2.24) is 10.6 Å². The van der Waals surface area contributed by atoms with E-state index < -0.39 is 4.92 Å². The lowest BCUT2D eigenvalue weighted by molar-refractivity contribution is -0.385. The van der Waals surface area contributed by atoms with Crippen LogP contribution in [0.2, 0.25) is 0 Å². The van der Waals surface area contributed by atoms with Gasteiger partial charge < -0.3 is 15.4 Å². The maximum Gasteiger partial charge on any atom is 0.311 e. The molecule has 0 fully saturated rings. The monoisotopic (exact) mass is 276 g/mol. The fraction of sp³-hybridized carbons (Fsp3) is 0.308. The first-order chi connectivity index (χ1) is 9.62. The Bertz CT molecular complexity index is 549. The molecule has 0 aliphatic heterocycles. The molecule has 0 amide bonds.